The number of anilines is 1. The van der Waals surface area contributed by atoms with Gasteiger partial charge in [0.05, 0.1) is 0 Å². The molecule has 0 unspecified atom stereocenters. The van der Waals surface area contributed by atoms with Gasteiger partial charge in [0.15, 0.2) is 0 Å². The summed E-state index contributed by atoms with van der Waals surface area (Å²) in [7, 11) is 0. The highest BCUT2D eigenvalue weighted by molar-refractivity contribution is 6.00. The van der Waals surface area contributed by atoms with E-state index < -0.39 is 0 Å². The van der Waals surface area contributed by atoms with Crippen molar-refractivity contribution in [2.45, 2.75) is 39.2 Å². The summed E-state index contributed by atoms with van der Waals surface area (Å²) in [5.74, 6) is 2.84. The minimum Gasteiger partial charge on any atom is -0.489 e. The van der Waals surface area contributed by atoms with Crippen LogP contribution in [0.4, 0.5) is 5.82 Å². The van der Waals surface area contributed by atoms with Crippen molar-refractivity contribution < 1.29 is 4.74 Å². The summed E-state index contributed by atoms with van der Waals surface area (Å²) in [4.78, 5) is 7.38. The van der Waals surface area contributed by atoms with Gasteiger partial charge in [0.1, 0.15) is 18.2 Å². The number of benzene rings is 3. The van der Waals surface area contributed by atoms with Crippen molar-refractivity contribution in [1.82, 2.24) is 4.98 Å². The number of rotatable bonds is 6. The van der Waals surface area contributed by atoms with E-state index in [1.165, 1.54) is 51.8 Å². The number of allylic oxidation sites excluding steroid dienone is 1. The Bertz CT molecular complexity index is 1370. The summed E-state index contributed by atoms with van der Waals surface area (Å²) in [5.41, 5.74) is 8.99. The van der Waals surface area contributed by atoms with Crippen molar-refractivity contribution in [3.63, 3.8) is 0 Å². The number of aryl methyl sites for hydroxylation is 1. The number of hydrogen-bond acceptors (Lipinski definition) is 3. The van der Waals surface area contributed by atoms with Crippen LogP contribution in [0.1, 0.15) is 54.0 Å². The van der Waals surface area contributed by atoms with Gasteiger partial charge in [-0.05, 0) is 89.3 Å². The van der Waals surface area contributed by atoms with Gasteiger partial charge in [0.25, 0.3) is 0 Å². The molecule has 3 aromatic carbocycles. The maximum absolute atomic E-state index is 6.17. The van der Waals surface area contributed by atoms with Crippen LogP contribution in [0.2, 0.25) is 0 Å². The van der Waals surface area contributed by atoms with E-state index in [2.05, 4.69) is 103 Å². The van der Waals surface area contributed by atoms with Gasteiger partial charge >= 0.3 is 0 Å². The molecule has 1 saturated heterocycles. The molecule has 186 valence electrons. The van der Waals surface area contributed by atoms with Crippen molar-refractivity contribution in [3.8, 4) is 5.75 Å². The Labute approximate surface area is 220 Å². The van der Waals surface area contributed by atoms with Gasteiger partial charge in [0.2, 0.25) is 0 Å². The second-order valence-corrected chi connectivity index (χ2v) is 10.4. The lowest BCUT2D eigenvalue weighted by atomic mass is 9.80. The van der Waals surface area contributed by atoms with E-state index in [4.69, 9.17) is 9.72 Å². The lowest BCUT2D eigenvalue weighted by Gasteiger charge is -2.31. The molecule has 3 heteroatoms. The van der Waals surface area contributed by atoms with E-state index >= 15 is 0 Å². The summed E-state index contributed by atoms with van der Waals surface area (Å²) >= 11 is 0. The fourth-order valence-corrected chi connectivity index (χ4v) is 5.62. The van der Waals surface area contributed by atoms with Crippen LogP contribution in [0.25, 0.3) is 11.1 Å². The van der Waals surface area contributed by atoms with E-state index in [0.29, 0.717) is 6.61 Å². The fourth-order valence-electron chi connectivity index (χ4n) is 5.62. The Morgan fingerprint density at radius 2 is 1.57 bits per heavy atom. The highest BCUT2D eigenvalue weighted by Gasteiger charge is 2.23. The van der Waals surface area contributed by atoms with E-state index in [-0.39, 0.29) is 0 Å². The van der Waals surface area contributed by atoms with Crippen molar-refractivity contribution in [2.24, 2.45) is 5.92 Å². The Morgan fingerprint density at radius 3 is 2.30 bits per heavy atom. The first-order chi connectivity index (χ1) is 18.2. The monoisotopic (exact) mass is 486 g/mol. The molecule has 6 rings (SSSR count). The van der Waals surface area contributed by atoms with Crippen LogP contribution in [0.15, 0.2) is 97.2 Å². The number of fused-ring (bicyclic) bond motifs is 1. The highest BCUT2D eigenvalue weighted by atomic mass is 16.5. The van der Waals surface area contributed by atoms with Crippen molar-refractivity contribution >= 4 is 17.0 Å². The maximum atomic E-state index is 6.17. The predicted octanol–water partition coefficient (Wildman–Crippen LogP) is 7.80. The first-order valence-corrected chi connectivity index (χ1v) is 13.5. The summed E-state index contributed by atoms with van der Waals surface area (Å²) in [6.07, 6.45) is 6.58. The molecule has 0 amide bonds. The molecule has 2 aliphatic rings. The van der Waals surface area contributed by atoms with Crippen LogP contribution in [0.3, 0.4) is 0 Å². The Balaban J connectivity index is 1.33. The van der Waals surface area contributed by atoms with Gasteiger partial charge < -0.3 is 9.64 Å². The summed E-state index contributed by atoms with van der Waals surface area (Å²) in [5, 5.41) is 0. The molecule has 1 fully saturated rings. The molecule has 3 nitrogen and oxygen atoms in total. The van der Waals surface area contributed by atoms with E-state index in [1.54, 1.807) is 0 Å². The minimum absolute atomic E-state index is 0.582. The van der Waals surface area contributed by atoms with Crippen LogP contribution >= 0.6 is 0 Å². The van der Waals surface area contributed by atoms with Gasteiger partial charge in [-0.1, -0.05) is 73.7 Å². The van der Waals surface area contributed by atoms with E-state index in [9.17, 15) is 0 Å². The Morgan fingerprint density at radius 1 is 0.811 bits per heavy atom. The van der Waals surface area contributed by atoms with Gasteiger partial charge in [-0.2, -0.15) is 0 Å². The van der Waals surface area contributed by atoms with E-state index in [0.717, 1.165) is 43.4 Å². The predicted molar refractivity (Wildman–Crippen MR) is 153 cm³/mol. The molecule has 2 heterocycles. The SMILES string of the molecule is CC1CCN(c2ccc(C3=C(c4ccccc4)CCc4cc(OCc5ccccc5)ccc43)cn2)CC1. The molecule has 0 spiro atoms. The third kappa shape index (κ3) is 5.17. The Hall–Kier alpha value is -3.85. The van der Waals surface area contributed by atoms with Gasteiger partial charge in [-0.15, -0.1) is 0 Å². The highest BCUT2D eigenvalue weighted by Crippen LogP contribution is 2.42. The molecule has 37 heavy (non-hydrogen) atoms. The average Bonchev–Trinajstić information content (AvgIpc) is 2.97. The van der Waals surface area contributed by atoms with Crippen molar-refractivity contribution in [1.29, 1.82) is 0 Å². The van der Waals surface area contributed by atoms with Crippen molar-refractivity contribution in [3.05, 3.63) is 125 Å². The second kappa shape index (κ2) is 10.6. The van der Waals surface area contributed by atoms with Gasteiger partial charge in [-0.3, -0.25) is 0 Å². The first-order valence-electron chi connectivity index (χ1n) is 13.5. The smallest absolute Gasteiger partial charge is 0.128 e. The van der Waals surface area contributed by atoms with Crippen LogP contribution in [0.5, 0.6) is 5.75 Å². The standard InChI is InChI=1S/C34H34N2O/c1-25-18-20-36(21-19-25)33-17-13-29(23-35-33)34-31(27-10-6-3-7-11-27)15-12-28-22-30(14-16-32(28)34)37-24-26-8-4-2-5-9-26/h2-11,13-14,16-17,22-23,25H,12,15,18-21,24H2,1H3. The zero-order valence-electron chi connectivity index (χ0n) is 21.6. The lowest BCUT2D eigenvalue weighted by Crippen LogP contribution is -2.33. The van der Waals surface area contributed by atoms with Crippen molar-refractivity contribution in [2.75, 3.05) is 18.0 Å². The normalized spacial score (nSPS) is 16.0. The molecule has 4 aromatic rings. The third-order valence-electron chi connectivity index (χ3n) is 7.81. The molecule has 0 radical (unpaired) electrons. The molecule has 0 atom stereocenters. The van der Waals surface area contributed by atoms with Crippen LogP contribution in [-0.2, 0) is 13.0 Å². The van der Waals surface area contributed by atoms with Gasteiger partial charge in [-0.25, -0.2) is 4.98 Å². The minimum atomic E-state index is 0.582. The van der Waals surface area contributed by atoms with Gasteiger partial charge in [0, 0.05) is 24.8 Å². The fraction of sp³-hybridized carbons (Fsp3) is 0.265. The molecule has 1 aliphatic carbocycles. The largest absolute Gasteiger partial charge is 0.489 e. The average molecular weight is 487 g/mol. The topological polar surface area (TPSA) is 25.4 Å². The lowest BCUT2D eigenvalue weighted by molar-refractivity contribution is 0.306. The molecule has 0 N–H and O–H groups in total. The number of ether oxygens (including phenoxy) is 1. The number of pyridine rings is 1. The first kappa shape index (κ1) is 23.5. The molecular formula is C34H34N2O. The number of nitrogens with zero attached hydrogens (tertiary/aromatic N) is 2. The van der Waals surface area contributed by atoms with Crippen LogP contribution in [-0.4, -0.2) is 18.1 Å². The second-order valence-electron chi connectivity index (χ2n) is 10.4. The summed E-state index contributed by atoms with van der Waals surface area (Å²) < 4.78 is 6.17. The van der Waals surface area contributed by atoms with Crippen LogP contribution < -0.4 is 9.64 Å². The Kier molecular flexibility index (Phi) is 6.77. The molecule has 1 aromatic heterocycles. The summed E-state index contributed by atoms with van der Waals surface area (Å²) in [6, 6.07) is 32.3. The molecular weight excluding hydrogens is 452 g/mol. The molecule has 0 bridgehead atoms. The number of hydrogen-bond donors (Lipinski definition) is 0. The number of aromatic nitrogens is 1. The zero-order chi connectivity index (χ0) is 25.0. The number of piperidine rings is 1. The molecule has 0 saturated carbocycles. The zero-order valence-corrected chi connectivity index (χ0v) is 21.6. The quantitative estimate of drug-likeness (QED) is 0.278. The third-order valence-corrected chi connectivity index (χ3v) is 7.81. The maximum Gasteiger partial charge on any atom is 0.128 e. The molecule has 1 aliphatic heterocycles. The summed E-state index contributed by atoms with van der Waals surface area (Å²) in [6.45, 7) is 5.13. The van der Waals surface area contributed by atoms with Crippen LogP contribution in [0, 0.1) is 5.92 Å². The van der Waals surface area contributed by atoms with E-state index in [1.807, 2.05) is 6.07 Å².